The Bertz CT molecular complexity index is 683. The van der Waals surface area contributed by atoms with Crippen LogP contribution < -0.4 is 5.69 Å². The predicted molar refractivity (Wildman–Crippen MR) is 67.7 cm³/mol. The molecule has 98 valence electrons. The first-order valence-corrected chi connectivity index (χ1v) is 6.22. The normalized spacial score (nSPS) is 14.6. The first-order chi connectivity index (χ1) is 9.16. The fourth-order valence-electron chi connectivity index (χ4n) is 2.11. The zero-order chi connectivity index (χ0) is 13.4. The van der Waals surface area contributed by atoms with Crippen molar-refractivity contribution in [2.75, 3.05) is 0 Å². The Hall–Kier alpha value is -2.17. The first kappa shape index (κ1) is 11.9. The van der Waals surface area contributed by atoms with Crippen LogP contribution in [-0.2, 0) is 6.54 Å². The highest BCUT2D eigenvalue weighted by molar-refractivity contribution is 5.96. The molecule has 1 aliphatic rings. The van der Waals surface area contributed by atoms with Crippen molar-refractivity contribution >= 4 is 5.78 Å². The van der Waals surface area contributed by atoms with Crippen LogP contribution in [0.5, 0.6) is 0 Å². The monoisotopic (exact) mass is 260 g/mol. The standard InChI is InChI=1S/C14H13FN2O2/c15-12-4-2-1-3-11(12)13(18)9-16-7-8-17(14(16)19)10-5-6-10/h1-4,7-8,10H,5-6,9H2. The molecule has 1 heterocycles. The Morgan fingerprint density at radius 2 is 2.00 bits per heavy atom. The van der Waals surface area contributed by atoms with Crippen LogP contribution in [-0.4, -0.2) is 14.9 Å². The van der Waals surface area contributed by atoms with Crippen LogP contribution in [0.1, 0.15) is 29.2 Å². The summed E-state index contributed by atoms with van der Waals surface area (Å²) < 4.78 is 16.4. The average Bonchev–Trinajstić information content (AvgIpc) is 3.17. The van der Waals surface area contributed by atoms with Gasteiger partial charge in [0, 0.05) is 18.4 Å². The van der Waals surface area contributed by atoms with Crippen LogP contribution >= 0.6 is 0 Å². The first-order valence-electron chi connectivity index (χ1n) is 6.22. The summed E-state index contributed by atoms with van der Waals surface area (Å²) in [5, 5.41) is 0. The summed E-state index contributed by atoms with van der Waals surface area (Å²) in [6, 6.07) is 6.08. The maximum absolute atomic E-state index is 13.5. The third-order valence-electron chi connectivity index (χ3n) is 3.30. The second kappa shape index (κ2) is 4.50. The molecule has 5 heteroatoms. The fraction of sp³-hybridized carbons (Fsp3) is 0.286. The van der Waals surface area contributed by atoms with Gasteiger partial charge in [-0.25, -0.2) is 9.18 Å². The molecule has 0 spiro atoms. The molecule has 19 heavy (non-hydrogen) atoms. The number of carbonyl (C=O) groups excluding carboxylic acids is 1. The van der Waals surface area contributed by atoms with E-state index >= 15 is 0 Å². The number of carbonyl (C=O) groups is 1. The molecule has 0 unspecified atom stereocenters. The summed E-state index contributed by atoms with van der Waals surface area (Å²) in [6.07, 6.45) is 5.28. The van der Waals surface area contributed by atoms with Gasteiger partial charge in [0.05, 0.1) is 12.1 Å². The van der Waals surface area contributed by atoms with Gasteiger partial charge in [-0.05, 0) is 25.0 Å². The number of hydrogen-bond acceptors (Lipinski definition) is 2. The number of nitrogens with zero attached hydrogens (tertiary/aromatic N) is 2. The number of hydrogen-bond donors (Lipinski definition) is 0. The molecular weight excluding hydrogens is 247 g/mol. The number of benzene rings is 1. The zero-order valence-electron chi connectivity index (χ0n) is 10.3. The van der Waals surface area contributed by atoms with Crippen molar-refractivity contribution < 1.29 is 9.18 Å². The van der Waals surface area contributed by atoms with Crippen molar-refractivity contribution in [3.05, 3.63) is 58.5 Å². The second-order valence-corrected chi connectivity index (χ2v) is 4.75. The zero-order valence-corrected chi connectivity index (χ0v) is 10.3. The van der Waals surface area contributed by atoms with Crippen molar-refractivity contribution in [3.63, 3.8) is 0 Å². The van der Waals surface area contributed by atoms with E-state index in [0.29, 0.717) is 0 Å². The minimum Gasteiger partial charge on any atom is -0.296 e. The summed E-state index contributed by atoms with van der Waals surface area (Å²) in [6.45, 7) is -0.126. The van der Waals surface area contributed by atoms with Gasteiger partial charge in [-0.1, -0.05) is 12.1 Å². The number of ketones is 1. The van der Waals surface area contributed by atoms with E-state index in [1.54, 1.807) is 23.0 Å². The van der Waals surface area contributed by atoms with Crippen molar-refractivity contribution in [1.82, 2.24) is 9.13 Å². The Balaban J connectivity index is 1.84. The van der Waals surface area contributed by atoms with Gasteiger partial charge in [-0.3, -0.25) is 13.9 Å². The number of rotatable bonds is 4. The third kappa shape index (κ3) is 2.23. The maximum atomic E-state index is 13.5. The number of halogens is 1. The van der Waals surface area contributed by atoms with E-state index in [-0.39, 0.29) is 23.8 Å². The van der Waals surface area contributed by atoms with E-state index < -0.39 is 11.6 Å². The lowest BCUT2D eigenvalue weighted by Gasteiger charge is -2.03. The highest BCUT2D eigenvalue weighted by Gasteiger charge is 2.26. The molecule has 0 bridgehead atoms. The molecule has 0 radical (unpaired) electrons. The van der Waals surface area contributed by atoms with Crippen molar-refractivity contribution in [2.24, 2.45) is 0 Å². The van der Waals surface area contributed by atoms with Gasteiger partial charge < -0.3 is 0 Å². The Labute approximate surface area is 109 Å². The number of Topliss-reactive ketones (excluding diaryl/α,β-unsaturated/α-hetero) is 1. The molecule has 1 fully saturated rings. The largest absolute Gasteiger partial charge is 0.328 e. The lowest BCUT2D eigenvalue weighted by molar-refractivity contribution is 0.0966. The van der Waals surface area contributed by atoms with Crippen LogP contribution in [0.15, 0.2) is 41.5 Å². The van der Waals surface area contributed by atoms with Crippen molar-refractivity contribution in [1.29, 1.82) is 0 Å². The molecule has 4 nitrogen and oxygen atoms in total. The Morgan fingerprint density at radius 3 is 2.68 bits per heavy atom. The highest BCUT2D eigenvalue weighted by Crippen LogP contribution is 2.33. The Morgan fingerprint density at radius 1 is 1.26 bits per heavy atom. The van der Waals surface area contributed by atoms with E-state index in [1.807, 2.05) is 0 Å². The predicted octanol–water partition coefficient (Wildman–Crippen LogP) is 2.01. The average molecular weight is 260 g/mol. The molecule has 0 atom stereocenters. The molecule has 0 saturated heterocycles. The lowest BCUT2D eigenvalue weighted by atomic mass is 10.1. The van der Waals surface area contributed by atoms with Crippen LogP contribution in [0.25, 0.3) is 0 Å². The van der Waals surface area contributed by atoms with E-state index in [9.17, 15) is 14.0 Å². The lowest BCUT2D eigenvalue weighted by Crippen LogP contribution is -2.26. The molecule has 1 aromatic heterocycles. The maximum Gasteiger partial charge on any atom is 0.328 e. The summed E-state index contributed by atoms with van der Waals surface area (Å²) >= 11 is 0. The highest BCUT2D eigenvalue weighted by atomic mass is 19.1. The Kier molecular flexibility index (Phi) is 2.81. The summed E-state index contributed by atoms with van der Waals surface area (Å²) in [5.41, 5.74) is -0.180. The molecule has 0 aliphatic heterocycles. The molecule has 0 amide bonds. The summed E-state index contributed by atoms with van der Waals surface area (Å²) in [7, 11) is 0. The molecule has 0 N–H and O–H groups in total. The molecular formula is C14H13FN2O2. The fourth-order valence-corrected chi connectivity index (χ4v) is 2.11. The van der Waals surface area contributed by atoms with Crippen LogP contribution in [0.4, 0.5) is 4.39 Å². The SMILES string of the molecule is O=C(Cn1ccn(C2CC2)c1=O)c1ccccc1F. The molecule has 3 rings (SSSR count). The van der Waals surface area contributed by atoms with Gasteiger partial charge in [0.2, 0.25) is 0 Å². The van der Waals surface area contributed by atoms with Gasteiger partial charge in [0.15, 0.2) is 5.78 Å². The van der Waals surface area contributed by atoms with E-state index in [4.69, 9.17) is 0 Å². The third-order valence-corrected chi connectivity index (χ3v) is 3.30. The van der Waals surface area contributed by atoms with Gasteiger partial charge >= 0.3 is 5.69 Å². The van der Waals surface area contributed by atoms with Gasteiger partial charge in [0.25, 0.3) is 0 Å². The molecule has 2 aromatic rings. The number of imidazole rings is 1. The smallest absolute Gasteiger partial charge is 0.296 e. The quantitative estimate of drug-likeness (QED) is 0.789. The molecule has 1 aromatic carbocycles. The van der Waals surface area contributed by atoms with Crippen LogP contribution in [0.3, 0.4) is 0 Å². The second-order valence-electron chi connectivity index (χ2n) is 4.75. The summed E-state index contributed by atoms with van der Waals surface area (Å²) in [5.74, 6) is -0.948. The van der Waals surface area contributed by atoms with Crippen LogP contribution in [0.2, 0.25) is 0 Å². The molecule has 1 saturated carbocycles. The van der Waals surface area contributed by atoms with E-state index in [2.05, 4.69) is 0 Å². The number of aromatic nitrogens is 2. The minimum absolute atomic E-state index is 0.0218. The molecule has 1 aliphatic carbocycles. The van der Waals surface area contributed by atoms with E-state index in [0.717, 1.165) is 12.8 Å². The summed E-state index contributed by atoms with van der Waals surface area (Å²) in [4.78, 5) is 24.0. The van der Waals surface area contributed by atoms with Gasteiger partial charge in [-0.2, -0.15) is 0 Å². The minimum atomic E-state index is -0.554. The van der Waals surface area contributed by atoms with Gasteiger partial charge in [-0.15, -0.1) is 0 Å². The van der Waals surface area contributed by atoms with Crippen molar-refractivity contribution in [3.8, 4) is 0 Å². The topological polar surface area (TPSA) is 44.0 Å². The van der Waals surface area contributed by atoms with Gasteiger partial charge in [0.1, 0.15) is 5.82 Å². The van der Waals surface area contributed by atoms with E-state index in [1.165, 1.54) is 22.8 Å². The van der Waals surface area contributed by atoms with Crippen molar-refractivity contribution in [2.45, 2.75) is 25.4 Å². The van der Waals surface area contributed by atoms with Crippen LogP contribution in [0, 0.1) is 5.82 Å².